The highest BCUT2D eigenvalue weighted by Crippen LogP contribution is 2.19. The van der Waals surface area contributed by atoms with Gasteiger partial charge in [-0.2, -0.15) is 0 Å². The fourth-order valence-corrected chi connectivity index (χ4v) is 1.90. The molecule has 0 atom stereocenters. The minimum Gasteiger partial charge on any atom is -0.490 e. The first-order chi connectivity index (χ1) is 10.1. The molecule has 1 aromatic heterocycles. The van der Waals surface area contributed by atoms with E-state index in [1.165, 1.54) is 0 Å². The molecule has 0 fully saturated rings. The van der Waals surface area contributed by atoms with E-state index in [1.807, 2.05) is 32.0 Å². The van der Waals surface area contributed by atoms with E-state index in [4.69, 9.17) is 10.5 Å². The third-order valence-corrected chi connectivity index (χ3v) is 3.00. The van der Waals surface area contributed by atoms with E-state index < -0.39 is 0 Å². The van der Waals surface area contributed by atoms with Gasteiger partial charge in [-0.3, -0.25) is 4.79 Å². The first kappa shape index (κ1) is 14.9. The van der Waals surface area contributed by atoms with Crippen LogP contribution in [0.2, 0.25) is 0 Å². The van der Waals surface area contributed by atoms with Gasteiger partial charge in [-0.15, -0.1) is 0 Å². The summed E-state index contributed by atoms with van der Waals surface area (Å²) in [7, 11) is 0. The lowest BCUT2D eigenvalue weighted by atomic mass is 10.3. The molecule has 1 aromatic carbocycles. The van der Waals surface area contributed by atoms with Gasteiger partial charge in [-0.05, 0) is 26.0 Å². The van der Waals surface area contributed by atoms with E-state index >= 15 is 0 Å². The molecule has 0 saturated heterocycles. The molecule has 6 heteroatoms. The SMILES string of the molecule is CC(C)n1ccnc(NCCOc2ccccc2N)c1=O. The van der Waals surface area contributed by atoms with Crippen molar-refractivity contribution in [3.63, 3.8) is 0 Å². The van der Waals surface area contributed by atoms with Crippen LogP contribution < -0.4 is 21.3 Å². The van der Waals surface area contributed by atoms with Gasteiger partial charge in [0.2, 0.25) is 0 Å². The summed E-state index contributed by atoms with van der Waals surface area (Å²) in [5.41, 5.74) is 6.24. The van der Waals surface area contributed by atoms with Crippen LogP contribution in [0, 0.1) is 0 Å². The van der Waals surface area contributed by atoms with Crippen molar-refractivity contribution < 1.29 is 4.74 Å². The van der Waals surface area contributed by atoms with Gasteiger partial charge < -0.3 is 20.4 Å². The number of hydrogen-bond acceptors (Lipinski definition) is 5. The Balaban J connectivity index is 1.91. The summed E-state index contributed by atoms with van der Waals surface area (Å²) in [6, 6.07) is 7.40. The van der Waals surface area contributed by atoms with Crippen LogP contribution in [-0.2, 0) is 0 Å². The van der Waals surface area contributed by atoms with Crippen LogP contribution in [0.15, 0.2) is 41.5 Å². The molecule has 112 valence electrons. The molecule has 21 heavy (non-hydrogen) atoms. The van der Waals surface area contributed by atoms with Crippen LogP contribution in [0.25, 0.3) is 0 Å². The summed E-state index contributed by atoms with van der Waals surface area (Å²) in [6.45, 7) is 4.77. The summed E-state index contributed by atoms with van der Waals surface area (Å²) in [5.74, 6) is 0.968. The van der Waals surface area contributed by atoms with Crippen molar-refractivity contribution in [2.45, 2.75) is 19.9 Å². The maximum Gasteiger partial charge on any atom is 0.293 e. The Morgan fingerprint density at radius 3 is 2.86 bits per heavy atom. The van der Waals surface area contributed by atoms with Crippen LogP contribution in [0.4, 0.5) is 11.5 Å². The number of ether oxygens (including phenoxy) is 1. The van der Waals surface area contributed by atoms with E-state index in [0.29, 0.717) is 30.4 Å². The molecule has 0 amide bonds. The average molecular weight is 288 g/mol. The number of hydrogen-bond donors (Lipinski definition) is 2. The van der Waals surface area contributed by atoms with Gasteiger partial charge >= 0.3 is 0 Å². The Hall–Kier alpha value is -2.50. The van der Waals surface area contributed by atoms with Crippen LogP contribution in [0.5, 0.6) is 5.75 Å². The first-order valence-corrected chi connectivity index (χ1v) is 6.88. The highest BCUT2D eigenvalue weighted by Gasteiger charge is 2.06. The highest BCUT2D eigenvalue weighted by molar-refractivity contribution is 5.51. The zero-order valence-electron chi connectivity index (χ0n) is 12.2. The van der Waals surface area contributed by atoms with Gasteiger partial charge in [0.1, 0.15) is 12.4 Å². The number of nitrogens with two attached hydrogens (primary N) is 1. The fourth-order valence-electron chi connectivity index (χ4n) is 1.90. The Bertz CT molecular complexity index is 652. The normalized spacial score (nSPS) is 10.6. The molecule has 3 N–H and O–H groups in total. The van der Waals surface area contributed by atoms with E-state index in [9.17, 15) is 4.79 Å². The molecular weight excluding hydrogens is 268 g/mol. The van der Waals surface area contributed by atoms with Crippen molar-refractivity contribution in [1.29, 1.82) is 0 Å². The smallest absolute Gasteiger partial charge is 0.293 e. The molecule has 2 rings (SSSR count). The van der Waals surface area contributed by atoms with Crippen molar-refractivity contribution in [3.8, 4) is 5.75 Å². The Kier molecular flexibility index (Phi) is 4.81. The molecule has 0 spiro atoms. The van der Waals surface area contributed by atoms with Crippen molar-refractivity contribution in [1.82, 2.24) is 9.55 Å². The van der Waals surface area contributed by atoms with E-state index in [2.05, 4.69) is 10.3 Å². The van der Waals surface area contributed by atoms with Crippen LogP contribution in [-0.4, -0.2) is 22.7 Å². The molecule has 1 heterocycles. The lowest BCUT2D eigenvalue weighted by Crippen LogP contribution is -2.27. The zero-order valence-corrected chi connectivity index (χ0v) is 12.2. The molecule has 0 radical (unpaired) electrons. The van der Waals surface area contributed by atoms with Crippen molar-refractivity contribution >= 4 is 11.5 Å². The summed E-state index contributed by atoms with van der Waals surface area (Å²) in [4.78, 5) is 16.2. The van der Waals surface area contributed by atoms with Crippen molar-refractivity contribution in [2.75, 3.05) is 24.2 Å². The molecule has 2 aromatic rings. The first-order valence-electron chi connectivity index (χ1n) is 6.88. The predicted molar refractivity (Wildman–Crippen MR) is 83.7 cm³/mol. The Labute approximate surface area is 123 Å². The van der Waals surface area contributed by atoms with Crippen LogP contribution in [0.3, 0.4) is 0 Å². The van der Waals surface area contributed by atoms with Gasteiger partial charge in [-0.1, -0.05) is 12.1 Å². The Morgan fingerprint density at radius 1 is 1.38 bits per heavy atom. The fraction of sp³-hybridized carbons (Fsp3) is 0.333. The molecule has 6 nitrogen and oxygen atoms in total. The lowest BCUT2D eigenvalue weighted by Gasteiger charge is -2.12. The monoisotopic (exact) mass is 288 g/mol. The maximum absolute atomic E-state index is 12.1. The highest BCUT2D eigenvalue weighted by atomic mass is 16.5. The quantitative estimate of drug-likeness (QED) is 0.626. The summed E-state index contributed by atoms with van der Waals surface area (Å²) in [6.07, 6.45) is 3.29. The molecule has 0 bridgehead atoms. The number of aromatic nitrogens is 2. The second-order valence-corrected chi connectivity index (χ2v) is 4.90. The van der Waals surface area contributed by atoms with Gasteiger partial charge in [0.05, 0.1) is 12.2 Å². The zero-order chi connectivity index (χ0) is 15.2. The summed E-state index contributed by atoms with van der Waals surface area (Å²) >= 11 is 0. The van der Waals surface area contributed by atoms with Gasteiger partial charge in [0.25, 0.3) is 5.56 Å². The summed E-state index contributed by atoms with van der Waals surface area (Å²) in [5, 5.41) is 2.99. The number of nitrogens with zero attached hydrogens (tertiary/aromatic N) is 2. The van der Waals surface area contributed by atoms with Gasteiger partial charge in [0, 0.05) is 18.4 Å². The molecule has 0 aliphatic carbocycles. The third kappa shape index (κ3) is 3.75. The summed E-state index contributed by atoms with van der Waals surface area (Å²) < 4.78 is 7.18. The molecule has 0 aliphatic rings. The van der Waals surface area contributed by atoms with E-state index in [0.717, 1.165) is 0 Å². The molecule has 0 unspecified atom stereocenters. The number of anilines is 2. The minimum atomic E-state index is -0.133. The second kappa shape index (κ2) is 6.78. The number of nitrogens with one attached hydrogen (secondary N) is 1. The average Bonchev–Trinajstić information content (AvgIpc) is 2.46. The van der Waals surface area contributed by atoms with Crippen molar-refractivity contribution in [3.05, 3.63) is 47.0 Å². The predicted octanol–water partition coefficient (Wildman–Crippen LogP) is 1.90. The van der Waals surface area contributed by atoms with Gasteiger partial charge in [-0.25, -0.2) is 4.98 Å². The minimum absolute atomic E-state index is 0.0985. The second-order valence-electron chi connectivity index (χ2n) is 4.90. The lowest BCUT2D eigenvalue weighted by molar-refractivity contribution is 0.334. The molecular formula is C15H20N4O2. The molecule has 0 saturated carbocycles. The van der Waals surface area contributed by atoms with E-state index in [1.54, 1.807) is 23.0 Å². The maximum atomic E-state index is 12.1. The van der Waals surface area contributed by atoms with Crippen LogP contribution in [0.1, 0.15) is 19.9 Å². The van der Waals surface area contributed by atoms with Crippen molar-refractivity contribution in [2.24, 2.45) is 0 Å². The number of benzene rings is 1. The van der Waals surface area contributed by atoms with E-state index in [-0.39, 0.29) is 11.6 Å². The largest absolute Gasteiger partial charge is 0.490 e. The third-order valence-electron chi connectivity index (χ3n) is 3.00. The topological polar surface area (TPSA) is 82.2 Å². The Morgan fingerprint density at radius 2 is 2.14 bits per heavy atom. The van der Waals surface area contributed by atoms with Crippen LogP contribution >= 0.6 is 0 Å². The molecule has 0 aliphatic heterocycles. The standard InChI is InChI=1S/C15H20N4O2/c1-11(2)19-9-7-17-14(15(19)20)18-8-10-21-13-6-4-3-5-12(13)16/h3-7,9,11H,8,10,16H2,1-2H3,(H,17,18). The number of para-hydroxylation sites is 2. The number of nitrogen functional groups attached to an aromatic ring is 1. The van der Waals surface area contributed by atoms with Gasteiger partial charge in [0.15, 0.2) is 5.82 Å². The number of rotatable bonds is 6.